The quantitative estimate of drug-likeness (QED) is 0.751. The van der Waals surface area contributed by atoms with Crippen LogP contribution in [0.15, 0.2) is 48.7 Å². The van der Waals surface area contributed by atoms with E-state index < -0.39 is 0 Å². The molecular weight excluding hydrogens is 407 g/mol. The number of benzene rings is 2. The molecular formula is C25H31FN4O2. The van der Waals surface area contributed by atoms with Crippen LogP contribution in [0.1, 0.15) is 31.1 Å². The van der Waals surface area contributed by atoms with Crippen LogP contribution >= 0.6 is 0 Å². The van der Waals surface area contributed by atoms with Gasteiger partial charge in [0.2, 0.25) is 0 Å². The molecule has 2 aliphatic heterocycles. The zero-order chi connectivity index (χ0) is 22.9. The molecule has 0 spiro atoms. The average Bonchev–Trinajstić information content (AvgIpc) is 2.80. The van der Waals surface area contributed by atoms with Gasteiger partial charge >= 0.3 is 0 Å². The van der Waals surface area contributed by atoms with Gasteiger partial charge in [0.15, 0.2) is 0 Å². The number of hydrogen-bond acceptors (Lipinski definition) is 5. The summed E-state index contributed by atoms with van der Waals surface area (Å²) in [4.78, 5) is 17.4. The molecule has 7 heteroatoms. The highest BCUT2D eigenvalue weighted by molar-refractivity contribution is 6.20. The first kappa shape index (κ1) is 22.5. The van der Waals surface area contributed by atoms with Gasteiger partial charge in [0.25, 0.3) is 5.91 Å². The van der Waals surface area contributed by atoms with Crippen LogP contribution in [0.3, 0.4) is 0 Å². The van der Waals surface area contributed by atoms with Crippen LogP contribution in [0.4, 0.5) is 4.39 Å². The summed E-state index contributed by atoms with van der Waals surface area (Å²) >= 11 is 0. The molecule has 3 N–H and O–H groups in total. The van der Waals surface area contributed by atoms with Crippen molar-refractivity contribution in [2.75, 3.05) is 39.9 Å². The maximum absolute atomic E-state index is 13.7. The molecule has 0 radical (unpaired) electrons. The Morgan fingerprint density at radius 3 is 2.62 bits per heavy atom. The van der Waals surface area contributed by atoms with Gasteiger partial charge in [0, 0.05) is 38.4 Å². The van der Waals surface area contributed by atoms with Crippen molar-refractivity contribution < 1.29 is 13.9 Å². The first-order valence-electron chi connectivity index (χ1n) is 11.0. The fourth-order valence-electron chi connectivity index (χ4n) is 4.33. The molecule has 6 nitrogen and oxygen atoms in total. The fourth-order valence-corrected chi connectivity index (χ4v) is 4.33. The number of ether oxygens (including phenoxy) is 1. The van der Waals surface area contributed by atoms with Gasteiger partial charge in [-0.3, -0.25) is 9.69 Å². The summed E-state index contributed by atoms with van der Waals surface area (Å²) in [6.45, 7) is 7.93. The van der Waals surface area contributed by atoms with E-state index in [0.29, 0.717) is 25.3 Å². The Labute approximate surface area is 188 Å². The third kappa shape index (κ3) is 4.55. The van der Waals surface area contributed by atoms with Crippen molar-refractivity contribution in [2.45, 2.75) is 25.6 Å². The van der Waals surface area contributed by atoms with Gasteiger partial charge in [-0.1, -0.05) is 24.3 Å². The van der Waals surface area contributed by atoms with Crippen molar-refractivity contribution in [3.8, 4) is 11.1 Å². The Bertz CT molecular complexity index is 1030. The van der Waals surface area contributed by atoms with E-state index >= 15 is 0 Å². The summed E-state index contributed by atoms with van der Waals surface area (Å²) in [6.07, 6.45) is 1.41. The molecule has 1 unspecified atom stereocenters. The van der Waals surface area contributed by atoms with Crippen LogP contribution in [0.2, 0.25) is 0 Å². The number of carbonyl (C=O) groups excluding carboxylic acids is 1. The molecule has 2 aromatic rings. The molecule has 2 aromatic carbocycles. The van der Waals surface area contributed by atoms with E-state index in [4.69, 9.17) is 10.5 Å². The third-order valence-corrected chi connectivity index (χ3v) is 6.38. The van der Waals surface area contributed by atoms with Gasteiger partial charge in [-0.25, -0.2) is 4.39 Å². The number of morpholine rings is 1. The van der Waals surface area contributed by atoms with Crippen LogP contribution in [-0.2, 0) is 9.53 Å². The van der Waals surface area contributed by atoms with Gasteiger partial charge in [0.05, 0.1) is 18.8 Å². The smallest absolute Gasteiger partial charge is 0.253 e. The van der Waals surface area contributed by atoms with E-state index in [1.807, 2.05) is 36.2 Å². The zero-order valence-electron chi connectivity index (χ0n) is 18.9. The summed E-state index contributed by atoms with van der Waals surface area (Å²) < 4.78 is 19.2. The molecule has 0 saturated carbocycles. The highest BCUT2D eigenvalue weighted by Gasteiger charge is 2.31. The molecule has 2 aliphatic rings. The maximum Gasteiger partial charge on any atom is 0.253 e. The molecule has 1 amide bonds. The Balaban J connectivity index is 1.56. The number of nitrogens with two attached hydrogens (primary N) is 1. The second-order valence-corrected chi connectivity index (χ2v) is 9.06. The summed E-state index contributed by atoms with van der Waals surface area (Å²) in [6, 6.07) is 12.2. The van der Waals surface area contributed by atoms with E-state index in [9.17, 15) is 9.18 Å². The Hall–Kier alpha value is -2.74. The molecule has 0 aromatic heterocycles. The number of amides is 1. The maximum atomic E-state index is 13.7. The van der Waals surface area contributed by atoms with Crippen LogP contribution in [0, 0.1) is 5.82 Å². The van der Waals surface area contributed by atoms with Gasteiger partial charge in [-0.2, -0.15) is 0 Å². The van der Waals surface area contributed by atoms with E-state index in [1.165, 1.54) is 12.1 Å². The van der Waals surface area contributed by atoms with Gasteiger partial charge < -0.3 is 20.7 Å². The first-order valence-corrected chi connectivity index (χ1v) is 11.0. The van der Waals surface area contributed by atoms with Gasteiger partial charge in [-0.05, 0) is 54.3 Å². The lowest BCUT2D eigenvalue weighted by Gasteiger charge is -2.41. The topological polar surface area (TPSA) is 70.8 Å². The number of halogens is 1. The van der Waals surface area contributed by atoms with Gasteiger partial charge in [-0.15, -0.1) is 0 Å². The second-order valence-electron chi connectivity index (χ2n) is 9.06. The third-order valence-electron chi connectivity index (χ3n) is 6.38. The van der Waals surface area contributed by atoms with Crippen LogP contribution in [0.5, 0.6) is 0 Å². The lowest BCUT2D eigenvalue weighted by molar-refractivity contribution is -0.116. The van der Waals surface area contributed by atoms with Crippen LogP contribution in [-0.4, -0.2) is 61.1 Å². The van der Waals surface area contributed by atoms with Crippen LogP contribution < -0.4 is 11.1 Å². The van der Waals surface area contributed by atoms with Gasteiger partial charge in [0.1, 0.15) is 12.0 Å². The predicted molar refractivity (Wildman–Crippen MR) is 124 cm³/mol. The highest BCUT2D eigenvalue weighted by atomic mass is 19.1. The number of nitrogens with one attached hydrogen (secondary N) is 1. The van der Waals surface area contributed by atoms with Crippen LogP contribution in [0.25, 0.3) is 16.7 Å². The van der Waals surface area contributed by atoms with E-state index in [0.717, 1.165) is 35.3 Å². The Morgan fingerprint density at radius 1 is 1.19 bits per heavy atom. The number of carbonyl (C=O) groups is 1. The first-order chi connectivity index (χ1) is 15.3. The molecule has 1 fully saturated rings. The lowest BCUT2D eigenvalue weighted by Crippen LogP contribution is -2.55. The molecule has 1 atom stereocenters. The molecule has 170 valence electrons. The summed E-state index contributed by atoms with van der Waals surface area (Å²) in [5.74, 6) is -0.422. The number of fused-ring (bicyclic) bond motifs is 1. The van der Waals surface area contributed by atoms with Crippen molar-refractivity contribution in [3.63, 3.8) is 0 Å². The molecule has 0 aliphatic carbocycles. The molecule has 1 saturated heterocycles. The number of nitrogens with zero attached hydrogens (tertiary/aromatic N) is 2. The summed E-state index contributed by atoms with van der Waals surface area (Å²) in [5.41, 5.74) is 10.1. The molecule has 2 heterocycles. The highest BCUT2D eigenvalue weighted by Crippen LogP contribution is 2.34. The normalized spacial score (nSPS) is 19.3. The van der Waals surface area contributed by atoms with Crippen molar-refractivity contribution in [1.82, 2.24) is 15.1 Å². The number of hydrogen-bond donors (Lipinski definition) is 2. The Kier molecular flexibility index (Phi) is 6.33. The second kappa shape index (κ2) is 9.02. The Morgan fingerprint density at radius 2 is 1.91 bits per heavy atom. The summed E-state index contributed by atoms with van der Waals surface area (Å²) in [5, 5.41) is 3.11. The van der Waals surface area contributed by atoms with Crippen molar-refractivity contribution in [2.24, 2.45) is 5.73 Å². The minimum atomic E-state index is -0.389. The minimum absolute atomic E-state index is 0.134. The minimum Gasteiger partial charge on any atom is -0.379 e. The average molecular weight is 439 g/mol. The molecule has 32 heavy (non-hydrogen) atoms. The van der Waals surface area contributed by atoms with Crippen molar-refractivity contribution in [1.29, 1.82) is 0 Å². The molecule has 0 bridgehead atoms. The fraction of sp³-hybridized carbons (Fsp3) is 0.400. The van der Waals surface area contributed by atoms with E-state index in [-0.39, 0.29) is 23.4 Å². The molecule has 4 rings (SSSR count). The summed E-state index contributed by atoms with van der Waals surface area (Å²) in [7, 11) is 1.85. The zero-order valence-corrected chi connectivity index (χ0v) is 18.9. The number of rotatable bonds is 5. The van der Waals surface area contributed by atoms with Crippen molar-refractivity contribution >= 4 is 11.5 Å². The monoisotopic (exact) mass is 438 g/mol. The lowest BCUT2D eigenvalue weighted by atomic mass is 9.90. The van der Waals surface area contributed by atoms with E-state index in [2.05, 4.69) is 24.1 Å². The van der Waals surface area contributed by atoms with E-state index in [1.54, 1.807) is 12.3 Å². The predicted octanol–water partition coefficient (Wildman–Crippen LogP) is 2.96. The standard InChI is InChI=1S/C25H31FN4O2/c1-25(2,30-9-11-32-12-10-30)16-28-24(31)22-15-29(3)23(27)21-14-18(7-8-20(21)22)17-5-4-6-19(26)13-17/h4-8,13-15,23H,9-12,16,27H2,1-3H3,(H,28,31). The largest absolute Gasteiger partial charge is 0.379 e. The SMILES string of the molecule is CN1C=C(C(=O)NCC(C)(C)N2CCOCC2)c2ccc(-c3cccc(F)c3)cc2C1N. The van der Waals surface area contributed by atoms with Crippen molar-refractivity contribution in [3.05, 3.63) is 65.6 Å².